The van der Waals surface area contributed by atoms with E-state index in [0.717, 1.165) is 6.08 Å². The normalized spacial score (nSPS) is 24.8. The Bertz CT molecular complexity index is 1630. The summed E-state index contributed by atoms with van der Waals surface area (Å²) in [6.07, 6.45) is -5.65. The molecule has 0 saturated carbocycles. The Labute approximate surface area is 256 Å². The van der Waals surface area contributed by atoms with Crippen LogP contribution in [0.1, 0.15) is 25.0 Å². The third-order valence-electron chi connectivity index (χ3n) is 7.75. The molecule has 45 heavy (non-hydrogen) atoms. The summed E-state index contributed by atoms with van der Waals surface area (Å²) in [6, 6.07) is 7.45. The van der Waals surface area contributed by atoms with Crippen LogP contribution in [-0.4, -0.2) is 94.7 Å². The maximum atomic E-state index is 12.5. The molecule has 6 atom stereocenters. The maximum absolute atomic E-state index is 12.5. The Kier molecular flexibility index (Phi) is 8.96. The number of carbonyl (C=O) groups is 1. The molecule has 0 bridgehead atoms. The lowest BCUT2D eigenvalue weighted by Crippen LogP contribution is -2.61. The SMILES string of the molecule is COc1cc(C=CC(=O)OC[C@H]2O[C@@H](OC(C)(C)[C@H]3Cc4cc5ccc(=O)oc5c(O)c4O3)[C@H](O)[C@@H](O)[C@@H]2O)cc(OC)c1O. The van der Waals surface area contributed by atoms with E-state index in [-0.39, 0.29) is 40.8 Å². The molecule has 3 heterocycles. The summed E-state index contributed by atoms with van der Waals surface area (Å²) in [5.41, 5.74) is -0.738. The first-order chi connectivity index (χ1) is 21.3. The van der Waals surface area contributed by atoms with Gasteiger partial charge in [-0.05, 0) is 49.8 Å². The molecular weight excluding hydrogens is 596 g/mol. The fourth-order valence-electron chi connectivity index (χ4n) is 5.20. The zero-order valence-corrected chi connectivity index (χ0v) is 24.8. The van der Waals surface area contributed by atoms with Crippen molar-refractivity contribution in [3.8, 4) is 28.7 Å². The van der Waals surface area contributed by atoms with Crippen LogP contribution in [-0.2, 0) is 25.4 Å². The van der Waals surface area contributed by atoms with E-state index in [9.17, 15) is 35.1 Å². The summed E-state index contributed by atoms with van der Waals surface area (Å²) in [7, 11) is 2.73. The van der Waals surface area contributed by atoms with Crippen molar-refractivity contribution < 1.29 is 63.2 Å². The number of benzene rings is 2. The number of hydrogen-bond acceptors (Lipinski definition) is 14. The van der Waals surface area contributed by atoms with Crippen LogP contribution in [0.3, 0.4) is 0 Å². The molecule has 5 N–H and O–H groups in total. The van der Waals surface area contributed by atoms with Crippen LogP contribution in [0.4, 0.5) is 0 Å². The Balaban J connectivity index is 1.24. The van der Waals surface area contributed by atoms with E-state index in [1.165, 1.54) is 44.6 Å². The van der Waals surface area contributed by atoms with Crippen LogP contribution in [0.2, 0.25) is 0 Å². The number of fused-ring (bicyclic) bond motifs is 2. The molecule has 2 aliphatic heterocycles. The van der Waals surface area contributed by atoms with Gasteiger partial charge in [-0.15, -0.1) is 0 Å². The van der Waals surface area contributed by atoms with Gasteiger partial charge in [0.15, 0.2) is 29.1 Å². The molecule has 14 nitrogen and oxygen atoms in total. The molecule has 0 unspecified atom stereocenters. The minimum Gasteiger partial charge on any atom is -0.502 e. The Hall–Kier alpha value is -4.34. The quantitative estimate of drug-likeness (QED) is 0.129. The molecule has 3 aromatic rings. The molecule has 1 fully saturated rings. The molecule has 242 valence electrons. The van der Waals surface area contributed by atoms with Crippen molar-refractivity contribution in [3.63, 3.8) is 0 Å². The molecule has 1 aromatic heterocycles. The second-order valence-corrected chi connectivity index (χ2v) is 11.2. The van der Waals surface area contributed by atoms with Crippen molar-refractivity contribution in [2.45, 2.75) is 62.7 Å². The van der Waals surface area contributed by atoms with E-state index < -0.39 is 60.6 Å². The Morgan fingerprint density at radius 3 is 2.36 bits per heavy atom. The number of methoxy groups -OCH3 is 2. The Morgan fingerprint density at radius 1 is 1.00 bits per heavy atom. The van der Waals surface area contributed by atoms with Gasteiger partial charge in [-0.3, -0.25) is 0 Å². The number of aromatic hydroxyl groups is 2. The summed E-state index contributed by atoms with van der Waals surface area (Å²) in [5, 5.41) is 53.0. The highest BCUT2D eigenvalue weighted by molar-refractivity contribution is 5.87. The number of aliphatic hydroxyl groups excluding tert-OH is 3. The predicted molar refractivity (Wildman–Crippen MR) is 155 cm³/mol. The lowest BCUT2D eigenvalue weighted by molar-refractivity contribution is -0.329. The third kappa shape index (κ3) is 6.41. The van der Waals surface area contributed by atoms with E-state index in [2.05, 4.69) is 0 Å². The van der Waals surface area contributed by atoms with Gasteiger partial charge in [0.05, 0.1) is 14.2 Å². The van der Waals surface area contributed by atoms with E-state index in [4.69, 9.17) is 32.8 Å². The zero-order valence-electron chi connectivity index (χ0n) is 24.8. The number of phenols is 2. The topological polar surface area (TPSA) is 204 Å². The van der Waals surface area contributed by atoms with Gasteiger partial charge < -0.3 is 58.4 Å². The van der Waals surface area contributed by atoms with Crippen LogP contribution < -0.4 is 19.8 Å². The van der Waals surface area contributed by atoms with Gasteiger partial charge in [-0.2, -0.15) is 0 Å². The van der Waals surface area contributed by atoms with Gasteiger partial charge in [-0.1, -0.05) is 0 Å². The molecule has 2 aromatic carbocycles. The molecule has 14 heteroatoms. The highest BCUT2D eigenvalue weighted by atomic mass is 16.7. The first-order valence-corrected chi connectivity index (χ1v) is 14.0. The van der Waals surface area contributed by atoms with Crippen molar-refractivity contribution in [1.82, 2.24) is 0 Å². The molecule has 2 aliphatic rings. The standard InChI is InChI=1S/C31H34O14/c1-31(2,20-12-16-11-15-6-8-22(33)44-28(15)27(38)29(16)43-20)45-30-26(37)25(36)24(35)19(42-30)13-41-21(32)7-5-14-9-17(39-3)23(34)18(10-14)40-4/h5-11,19-20,24-26,30,34-38H,12-13H2,1-4H3/t19-,20-,24-,25+,26-,30+/m1/s1. The molecule has 0 aliphatic carbocycles. The first-order valence-electron chi connectivity index (χ1n) is 14.0. The number of ether oxygens (including phenoxy) is 6. The largest absolute Gasteiger partial charge is 0.502 e. The van der Waals surface area contributed by atoms with Crippen molar-refractivity contribution in [2.75, 3.05) is 20.8 Å². The second kappa shape index (κ2) is 12.6. The summed E-state index contributed by atoms with van der Waals surface area (Å²) < 4.78 is 38.3. The van der Waals surface area contributed by atoms with Crippen molar-refractivity contribution in [2.24, 2.45) is 0 Å². The molecular formula is C31H34O14. The predicted octanol–water partition coefficient (Wildman–Crippen LogP) is 1.38. The molecule has 5 rings (SSSR count). The third-order valence-corrected chi connectivity index (χ3v) is 7.75. The zero-order chi connectivity index (χ0) is 32.6. The van der Waals surface area contributed by atoms with Crippen molar-refractivity contribution >= 4 is 23.0 Å². The average molecular weight is 631 g/mol. The molecule has 0 spiro atoms. The first kappa shape index (κ1) is 32.1. The second-order valence-electron chi connectivity index (χ2n) is 11.2. The van der Waals surface area contributed by atoms with Crippen LogP contribution >= 0.6 is 0 Å². The van der Waals surface area contributed by atoms with Gasteiger partial charge in [-0.25, -0.2) is 9.59 Å². The molecule has 0 amide bonds. The van der Waals surface area contributed by atoms with Crippen LogP contribution in [0.5, 0.6) is 28.7 Å². The van der Waals surface area contributed by atoms with Gasteiger partial charge in [0, 0.05) is 29.5 Å². The van der Waals surface area contributed by atoms with E-state index in [1.54, 1.807) is 19.9 Å². The summed E-state index contributed by atoms with van der Waals surface area (Å²) in [5.74, 6) is -0.947. The minimum absolute atomic E-state index is 0.0153. The maximum Gasteiger partial charge on any atom is 0.336 e. The number of rotatable bonds is 9. The van der Waals surface area contributed by atoms with Crippen LogP contribution in [0.15, 0.2) is 45.6 Å². The van der Waals surface area contributed by atoms with Crippen LogP contribution in [0.25, 0.3) is 17.0 Å². The van der Waals surface area contributed by atoms with Gasteiger partial charge >= 0.3 is 11.6 Å². The van der Waals surface area contributed by atoms with Gasteiger partial charge in [0.25, 0.3) is 0 Å². The number of carbonyl (C=O) groups excluding carboxylic acids is 1. The number of hydrogen-bond donors (Lipinski definition) is 5. The highest BCUT2D eigenvalue weighted by Crippen LogP contribution is 2.45. The van der Waals surface area contributed by atoms with Gasteiger partial charge in [0.1, 0.15) is 42.7 Å². The van der Waals surface area contributed by atoms with E-state index in [0.29, 0.717) is 16.5 Å². The molecule has 1 saturated heterocycles. The number of esters is 1. The van der Waals surface area contributed by atoms with E-state index in [1.807, 2.05) is 0 Å². The average Bonchev–Trinajstić information content (AvgIpc) is 3.46. The fraction of sp³-hybridized carbons (Fsp3) is 0.419. The lowest BCUT2D eigenvalue weighted by atomic mass is 9.95. The number of aliphatic hydroxyl groups is 3. The minimum atomic E-state index is -1.70. The monoisotopic (exact) mass is 630 g/mol. The smallest absolute Gasteiger partial charge is 0.336 e. The van der Waals surface area contributed by atoms with Gasteiger partial charge in [0.2, 0.25) is 11.5 Å². The summed E-state index contributed by atoms with van der Waals surface area (Å²) in [4.78, 5) is 24.1. The van der Waals surface area contributed by atoms with Crippen molar-refractivity contribution in [3.05, 3.63) is 58.0 Å². The summed E-state index contributed by atoms with van der Waals surface area (Å²) in [6.45, 7) is 2.82. The molecule has 0 radical (unpaired) electrons. The lowest BCUT2D eigenvalue weighted by Gasteiger charge is -2.43. The Morgan fingerprint density at radius 2 is 1.69 bits per heavy atom. The number of phenolic OH excluding ortho intramolecular Hbond substituents is 2. The van der Waals surface area contributed by atoms with Crippen molar-refractivity contribution in [1.29, 1.82) is 0 Å². The summed E-state index contributed by atoms with van der Waals surface area (Å²) >= 11 is 0. The fourth-order valence-corrected chi connectivity index (χ4v) is 5.20. The highest BCUT2D eigenvalue weighted by Gasteiger charge is 2.49. The van der Waals surface area contributed by atoms with E-state index >= 15 is 0 Å². The van der Waals surface area contributed by atoms with Crippen LogP contribution in [0, 0.1) is 0 Å².